The van der Waals surface area contributed by atoms with Crippen molar-refractivity contribution in [3.05, 3.63) is 35.4 Å². The molecule has 0 amide bonds. The second kappa shape index (κ2) is 7.63. The number of nitrogens with two attached hydrogens (primary N) is 1. The average Bonchev–Trinajstić information content (AvgIpc) is 2.46. The van der Waals surface area contributed by atoms with Crippen molar-refractivity contribution in [2.24, 2.45) is 5.73 Å². The summed E-state index contributed by atoms with van der Waals surface area (Å²) >= 11 is 0. The number of piperidine rings is 1. The van der Waals surface area contributed by atoms with Gasteiger partial charge in [0.25, 0.3) is 0 Å². The highest BCUT2D eigenvalue weighted by Gasteiger charge is 2.20. The van der Waals surface area contributed by atoms with Gasteiger partial charge < -0.3 is 10.5 Å². The van der Waals surface area contributed by atoms with Crippen molar-refractivity contribution in [2.75, 3.05) is 19.7 Å². The number of hydrogen-bond donors (Lipinski definition) is 1. The molecule has 1 unspecified atom stereocenters. The molecule has 0 bridgehead atoms. The van der Waals surface area contributed by atoms with Gasteiger partial charge in [-0.2, -0.15) is 0 Å². The normalized spacial score (nSPS) is 20.6. The Kier molecular flexibility index (Phi) is 5.83. The third kappa shape index (κ3) is 4.30. The number of nitrogens with zero attached hydrogens (tertiary/aromatic N) is 1. The minimum absolute atomic E-state index is 0.415. The van der Waals surface area contributed by atoms with E-state index in [9.17, 15) is 0 Å². The SMILES string of the molecule is CCCOC1CCCN(Cc2ccccc2CN)C1. The van der Waals surface area contributed by atoms with E-state index in [0.717, 1.165) is 26.1 Å². The van der Waals surface area contributed by atoms with Gasteiger partial charge in [-0.3, -0.25) is 4.90 Å². The van der Waals surface area contributed by atoms with E-state index >= 15 is 0 Å². The van der Waals surface area contributed by atoms with E-state index in [4.69, 9.17) is 10.5 Å². The zero-order chi connectivity index (χ0) is 13.5. The Balaban J connectivity index is 1.91. The number of benzene rings is 1. The molecule has 1 aromatic carbocycles. The van der Waals surface area contributed by atoms with E-state index in [1.165, 1.54) is 30.5 Å². The van der Waals surface area contributed by atoms with Gasteiger partial charge in [-0.25, -0.2) is 0 Å². The van der Waals surface area contributed by atoms with E-state index < -0.39 is 0 Å². The summed E-state index contributed by atoms with van der Waals surface area (Å²) in [6.45, 7) is 6.90. The molecular formula is C16H26N2O. The molecule has 1 atom stereocenters. The van der Waals surface area contributed by atoms with Crippen LogP contribution in [0.4, 0.5) is 0 Å². The highest BCUT2D eigenvalue weighted by atomic mass is 16.5. The molecule has 106 valence electrons. The standard InChI is InChI=1S/C16H26N2O/c1-2-10-19-16-8-5-9-18(13-16)12-15-7-4-3-6-14(15)11-17/h3-4,6-7,16H,2,5,8-13,17H2,1H3. The second-order valence-electron chi connectivity index (χ2n) is 5.34. The lowest BCUT2D eigenvalue weighted by atomic mass is 10.0. The number of rotatable bonds is 6. The number of likely N-dealkylation sites (tertiary alicyclic amines) is 1. The van der Waals surface area contributed by atoms with Gasteiger partial charge in [0.05, 0.1) is 6.10 Å². The van der Waals surface area contributed by atoms with Crippen LogP contribution in [0.5, 0.6) is 0 Å². The molecule has 3 heteroatoms. The summed E-state index contributed by atoms with van der Waals surface area (Å²) in [5, 5.41) is 0. The fraction of sp³-hybridized carbons (Fsp3) is 0.625. The molecule has 0 spiro atoms. The molecule has 0 aliphatic carbocycles. The Morgan fingerprint density at radius 2 is 2.11 bits per heavy atom. The van der Waals surface area contributed by atoms with Crippen molar-refractivity contribution in [1.82, 2.24) is 4.90 Å². The summed E-state index contributed by atoms with van der Waals surface area (Å²) < 4.78 is 5.89. The van der Waals surface area contributed by atoms with Crippen LogP contribution in [0.2, 0.25) is 0 Å². The van der Waals surface area contributed by atoms with E-state index in [0.29, 0.717) is 12.6 Å². The molecule has 2 rings (SSSR count). The van der Waals surface area contributed by atoms with Crippen molar-refractivity contribution in [1.29, 1.82) is 0 Å². The zero-order valence-electron chi connectivity index (χ0n) is 12.0. The van der Waals surface area contributed by atoms with Crippen LogP contribution in [0.3, 0.4) is 0 Å². The quantitative estimate of drug-likeness (QED) is 0.856. The maximum absolute atomic E-state index is 5.89. The predicted octanol–water partition coefficient (Wildman–Crippen LogP) is 2.54. The van der Waals surface area contributed by atoms with Crippen molar-refractivity contribution < 1.29 is 4.74 Å². The van der Waals surface area contributed by atoms with Gasteiger partial charge in [-0.05, 0) is 36.9 Å². The molecule has 1 aromatic rings. The van der Waals surface area contributed by atoms with Crippen molar-refractivity contribution in [2.45, 2.75) is 45.4 Å². The lowest BCUT2D eigenvalue weighted by molar-refractivity contribution is -0.00228. The summed E-state index contributed by atoms with van der Waals surface area (Å²) in [6.07, 6.45) is 3.96. The summed E-state index contributed by atoms with van der Waals surface area (Å²) in [6, 6.07) is 8.49. The van der Waals surface area contributed by atoms with E-state index in [2.05, 4.69) is 36.1 Å². The fourth-order valence-corrected chi connectivity index (χ4v) is 2.73. The van der Waals surface area contributed by atoms with Crippen LogP contribution in [-0.2, 0) is 17.8 Å². The molecule has 0 radical (unpaired) electrons. The summed E-state index contributed by atoms with van der Waals surface area (Å²) in [7, 11) is 0. The lowest BCUT2D eigenvalue weighted by Crippen LogP contribution is -2.39. The Hall–Kier alpha value is -0.900. The molecule has 2 N–H and O–H groups in total. The van der Waals surface area contributed by atoms with Gasteiger partial charge in [0, 0.05) is 26.2 Å². The Labute approximate surface area is 116 Å². The summed E-state index contributed by atoms with van der Waals surface area (Å²) in [5.74, 6) is 0. The Bertz CT molecular complexity index is 381. The second-order valence-corrected chi connectivity index (χ2v) is 5.34. The molecule has 0 saturated carbocycles. The zero-order valence-corrected chi connectivity index (χ0v) is 12.0. The highest BCUT2D eigenvalue weighted by Crippen LogP contribution is 2.18. The van der Waals surface area contributed by atoms with Crippen LogP contribution >= 0.6 is 0 Å². The molecule has 1 saturated heterocycles. The third-order valence-corrected chi connectivity index (χ3v) is 3.75. The number of hydrogen-bond acceptors (Lipinski definition) is 3. The monoisotopic (exact) mass is 262 g/mol. The molecule has 1 aliphatic rings. The van der Waals surface area contributed by atoms with Crippen LogP contribution in [0.1, 0.15) is 37.3 Å². The maximum Gasteiger partial charge on any atom is 0.0702 e. The van der Waals surface area contributed by atoms with Gasteiger partial charge in [-0.15, -0.1) is 0 Å². The van der Waals surface area contributed by atoms with Crippen molar-refractivity contribution >= 4 is 0 Å². The van der Waals surface area contributed by atoms with Crippen LogP contribution in [-0.4, -0.2) is 30.7 Å². The summed E-state index contributed by atoms with van der Waals surface area (Å²) in [5.41, 5.74) is 8.43. The molecule has 19 heavy (non-hydrogen) atoms. The molecule has 1 fully saturated rings. The molecule has 1 heterocycles. The van der Waals surface area contributed by atoms with Gasteiger partial charge in [-0.1, -0.05) is 31.2 Å². The van der Waals surface area contributed by atoms with Crippen LogP contribution < -0.4 is 5.73 Å². The first-order valence-electron chi connectivity index (χ1n) is 7.44. The van der Waals surface area contributed by atoms with E-state index in [-0.39, 0.29) is 0 Å². The number of ether oxygens (including phenoxy) is 1. The Morgan fingerprint density at radius 1 is 1.32 bits per heavy atom. The molecule has 3 nitrogen and oxygen atoms in total. The summed E-state index contributed by atoms with van der Waals surface area (Å²) in [4.78, 5) is 2.50. The van der Waals surface area contributed by atoms with Gasteiger partial charge >= 0.3 is 0 Å². The van der Waals surface area contributed by atoms with Gasteiger partial charge in [0.15, 0.2) is 0 Å². The molecule has 1 aliphatic heterocycles. The average molecular weight is 262 g/mol. The first-order chi connectivity index (χ1) is 9.33. The Morgan fingerprint density at radius 3 is 2.84 bits per heavy atom. The van der Waals surface area contributed by atoms with Crippen LogP contribution in [0, 0.1) is 0 Å². The first kappa shape index (κ1) is 14.5. The predicted molar refractivity (Wildman–Crippen MR) is 78.9 cm³/mol. The largest absolute Gasteiger partial charge is 0.377 e. The highest BCUT2D eigenvalue weighted by molar-refractivity contribution is 5.26. The first-order valence-corrected chi connectivity index (χ1v) is 7.44. The minimum Gasteiger partial charge on any atom is -0.377 e. The van der Waals surface area contributed by atoms with E-state index in [1.54, 1.807) is 0 Å². The smallest absolute Gasteiger partial charge is 0.0702 e. The lowest BCUT2D eigenvalue weighted by Gasteiger charge is -2.33. The molecule has 0 aromatic heterocycles. The van der Waals surface area contributed by atoms with Crippen molar-refractivity contribution in [3.63, 3.8) is 0 Å². The van der Waals surface area contributed by atoms with Gasteiger partial charge in [0.2, 0.25) is 0 Å². The maximum atomic E-state index is 5.89. The molecular weight excluding hydrogens is 236 g/mol. The third-order valence-electron chi connectivity index (χ3n) is 3.75. The van der Waals surface area contributed by atoms with Gasteiger partial charge in [0.1, 0.15) is 0 Å². The fourth-order valence-electron chi connectivity index (χ4n) is 2.73. The van der Waals surface area contributed by atoms with Crippen LogP contribution in [0.15, 0.2) is 24.3 Å². The van der Waals surface area contributed by atoms with E-state index in [1.807, 2.05) is 0 Å². The van der Waals surface area contributed by atoms with Crippen LogP contribution in [0.25, 0.3) is 0 Å². The minimum atomic E-state index is 0.415. The topological polar surface area (TPSA) is 38.5 Å². The van der Waals surface area contributed by atoms with Crippen molar-refractivity contribution in [3.8, 4) is 0 Å².